The van der Waals surface area contributed by atoms with Gasteiger partial charge >= 0.3 is 0 Å². The van der Waals surface area contributed by atoms with E-state index in [2.05, 4.69) is 5.32 Å². The number of benzene rings is 1. The summed E-state index contributed by atoms with van der Waals surface area (Å²) in [4.78, 5) is 23.0. The fraction of sp³-hybridized carbons (Fsp3) is 0.500. The van der Waals surface area contributed by atoms with Crippen molar-refractivity contribution in [1.29, 1.82) is 0 Å². The summed E-state index contributed by atoms with van der Waals surface area (Å²) in [6.07, 6.45) is 1.44. The first-order valence-electron chi connectivity index (χ1n) is 7.38. The maximum absolute atomic E-state index is 12.3. The topological polar surface area (TPSA) is 90.7 Å². The van der Waals surface area contributed by atoms with E-state index >= 15 is 0 Å². The van der Waals surface area contributed by atoms with Gasteiger partial charge in [0.05, 0.1) is 0 Å². The number of nitrogens with two attached hydrogens (primary N) is 1. The van der Waals surface area contributed by atoms with E-state index in [1.54, 1.807) is 31.2 Å². The van der Waals surface area contributed by atoms with Gasteiger partial charge in [0.15, 0.2) is 6.61 Å². The van der Waals surface area contributed by atoms with Gasteiger partial charge in [-0.05, 0) is 44.0 Å². The molecule has 0 aliphatic heterocycles. The maximum Gasteiger partial charge on any atom is 0.256 e. The summed E-state index contributed by atoms with van der Waals surface area (Å²) in [6.45, 7) is 6.05. The van der Waals surface area contributed by atoms with Crippen LogP contribution in [0.5, 0.6) is 5.75 Å². The molecule has 0 heterocycles. The van der Waals surface area contributed by atoms with E-state index in [1.807, 2.05) is 13.8 Å². The number of ether oxygens (including phenoxy) is 2. The Morgan fingerprint density at radius 2 is 1.86 bits per heavy atom. The number of amides is 2. The second kappa shape index (κ2) is 8.38. The zero-order chi connectivity index (χ0) is 16.6. The van der Waals surface area contributed by atoms with Crippen molar-refractivity contribution in [3.8, 4) is 5.75 Å². The molecule has 0 aliphatic rings. The molecule has 22 heavy (non-hydrogen) atoms. The van der Waals surface area contributed by atoms with E-state index in [0.29, 0.717) is 24.5 Å². The highest BCUT2D eigenvalue weighted by atomic mass is 16.5. The van der Waals surface area contributed by atoms with Crippen LogP contribution in [0.3, 0.4) is 0 Å². The predicted octanol–water partition coefficient (Wildman–Crippen LogP) is 2.08. The van der Waals surface area contributed by atoms with Crippen molar-refractivity contribution in [3.63, 3.8) is 0 Å². The van der Waals surface area contributed by atoms with Gasteiger partial charge < -0.3 is 20.5 Å². The van der Waals surface area contributed by atoms with Crippen molar-refractivity contribution in [1.82, 2.24) is 0 Å². The standard InChI is InChI=1S/C16H24N2O4/c1-4-10-22-16(3,5-2)15(20)18-12-6-8-13(9-7-12)21-11-14(17)19/h6-9H,4-5,10-11H2,1-3H3,(H2,17,19)(H,18,20)/t16-/m1/s1. The molecule has 6 nitrogen and oxygen atoms in total. The van der Waals surface area contributed by atoms with Gasteiger partial charge in [0, 0.05) is 12.3 Å². The maximum atomic E-state index is 12.3. The Labute approximate surface area is 131 Å². The summed E-state index contributed by atoms with van der Waals surface area (Å²) in [6, 6.07) is 6.72. The van der Waals surface area contributed by atoms with E-state index in [9.17, 15) is 9.59 Å². The van der Waals surface area contributed by atoms with Crippen LogP contribution < -0.4 is 15.8 Å². The number of rotatable bonds is 9. The highest BCUT2D eigenvalue weighted by Crippen LogP contribution is 2.21. The van der Waals surface area contributed by atoms with Crippen LogP contribution in [-0.4, -0.2) is 30.6 Å². The molecule has 0 spiro atoms. The van der Waals surface area contributed by atoms with Gasteiger partial charge in [-0.2, -0.15) is 0 Å². The summed E-state index contributed by atoms with van der Waals surface area (Å²) in [5.41, 5.74) is 4.79. The molecule has 0 saturated heterocycles. The molecule has 0 aliphatic carbocycles. The number of carbonyl (C=O) groups excluding carboxylic acids is 2. The Hall–Kier alpha value is -2.08. The monoisotopic (exact) mass is 308 g/mol. The van der Waals surface area contributed by atoms with E-state index in [-0.39, 0.29) is 12.5 Å². The third-order valence-corrected chi connectivity index (χ3v) is 3.27. The molecular formula is C16H24N2O4. The van der Waals surface area contributed by atoms with Crippen LogP contribution >= 0.6 is 0 Å². The Kier molecular flexibility index (Phi) is 6.85. The molecule has 2 amide bonds. The second-order valence-corrected chi connectivity index (χ2v) is 5.17. The summed E-state index contributed by atoms with van der Waals surface area (Å²) in [5, 5.41) is 2.82. The molecular weight excluding hydrogens is 284 g/mol. The summed E-state index contributed by atoms with van der Waals surface area (Å²) >= 11 is 0. The average Bonchev–Trinajstić information content (AvgIpc) is 2.51. The van der Waals surface area contributed by atoms with Crippen molar-refractivity contribution in [2.45, 2.75) is 39.2 Å². The lowest BCUT2D eigenvalue weighted by molar-refractivity contribution is -0.139. The van der Waals surface area contributed by atoms with Crippen LogP contribution in [0, 0.1) is 0 Å². The zero-order valence-corrected chi connectivity index (χ0v) is 13.3. The zero-order valence-electron chi connectivity index (χ0n) is 13.3. The molecule has 0 radical (unpaired) electrons. The molecule has 0 unspecified atom stereocenters. The molecule has 0 fully saturated rings. The minimum Gasteiger partial charge on any atom is -0.484 e. The third-order valence-electron chi connectivity index (χ3n) is 3.27. The first kappa shape index (κ1) is 18.0. The first-order chi connectivity index (χ1) is 10.4. The van der Waals surface area contributed by atoms with Crippen LogP contribution in [0.2, 0.25) is 0 Å². The predicted molar refractivity (Wildman–Crippen MR) is 84.7 cm³/mol. The molecule has 122 valence electrons. The van der Waals surface area contributed by atoms with Crippen molar-refractivity contribution in [2.24, 2.45) is 5.73 Å². The molecule has 3 N–H and O–H groups in total. The molecule has 1 atom stereocenters. The van der Waals surface area contributed by atoms with Gasteiger partial charge in [0.1, 0.15) is 11.4 Å². The smallest absolute Gasteiger partial charge is 0.256 e. The minimum atomic E-state index is -0.850. The van der Waals surface area contributed by atoms with Crippen LogP contribution in [-0.2, 0) is 14.3 Å². The molecule has 0 bridgehead atoms. The summed E-state index contributed by atoms with van der Waals surface area (Å²) < 4.78 is 10.8. The molecule has 6 heteroatoms. The van der Waals surface area contributed by atoms with E-state index in [0.717, 1.165) is 6.42 Å². The average molecular weight is 308 g/mol. The van der Waals surface area contributed by atoms with Crippen LogP contribution in [0.1, 0.15) is 33.6 Å². The largest absolute Gasteiger partial charge is 0.484 e. The van der Waals surface area contributed by atoms with Crippen LogP contribution in [0.25, 0.3) is 0 Å². The lowest BCUT2D eigenvalue weighted by Crippen LogP contribution is -2.42. The van der Waals surface area contributed by atoms with E-state index in [1.165, 1.54) is 0 Å². The molecule has 0 aromatic heterocycles. The number of hydrogen-bond donors (Lipinski definition) is 2. The first-order valence-corrected chi connectivity index (χ1v) is 7.38. The Morgan fingerprint density at radius 1 is 1.23 bits per heavy atom. The van der Waals surface area contributed by atoms with Gasteiger partial charge in [-0.25, -0.2) is 0 Å². The summed E-state index contributed by atoms with van der Waals surface area (Å²) in [7, 11) is 0. The van der Waals surface area contributed by atoms with Gasteiger partial charge in [-0.15, -0.1) is 0 Å². The SMILES string of the molecule is CCCO[C@](C)(CC)C(=O)Nc1ccc(OCC(N)=O)cc1. The Balaban J connectivity index is 2.65. The molecule has 1 aromatic rings. The Morgan fingerprint density at radius 3 is 2.36 bits per heavy atom. The number of hydrogen-bond acceptors (Lipinski definition) is 4. The van der Waals surface area contributed by atoms with Gasteiger partial charge in [0.25, 0.3) is 11.8 Å². The number of carbonyl (C=O) groups is 2. The van der Waals surface area contributed by atoms with Crippen LogP contribution in [0.4, 0.5) is 5.69 Å². The minimum absolute atomic E-state index is 0.176. The van der Waals surface area contributed by atoms with Crippen molar-refractivity contribution < 1.29 is 19.1 Å². The second-order valence-electron chi connectivity index (χ2n) is 5.17. The van der Waals surface area contributed by atoms with Gasteiger partial charge in [-0.1, -0.05) is 13.8 Å². The Bertz CT molecular complexity index is 501. The summed E-state index contributed by atoms with van der Waals surface area (Å²) in [5.74, 6) is -0.212. The van der Waals surface area contributed by atoms with Crippen molar-refractivity contribution in [2.75, 3.05) is 18.5 Å². The third kappa shape index (κ3) is 5.37. The number of anilines is 1. The van der Waals surface area contributed by atoms with Gasteiger partial charge in [0.2, 0.25) is 0 Å². The highest BCUT2D eigenvalue weighted by molar-refractivity contribution is 5.97. The highest BCUT2D eigenvalue weighted by Gasteiger charge is 2.32. The van der Waals surface area contributed by atoms with E-state index < -0.39 is 11.5 Å². The lowest BCUT2D eigenvalue weighted by Gasteiger charge is -2.27. The fourth-order valence-corrected chi connectivity index (χ4v) is 1.71. The molecule has 0 saturated carbocycles. The van der Waals surface area contributed by atoms with Crippen molar-refractivity contribution >= 4 is 17.5 Å². The fourth-order valence-electron chi connectivity index (χ4n) is 1.71. The number of primary amides is 1. The number of nitrogens with one attached hydrogen (secondary N) is 1. The molecule has 1 rings (SSSR count). The normalized spacial score (nSPS) is 13.2. The van der Waals surface area contributed by atoms with Gasteiger partial charge in [-0.3, -0.25) is 9.59 Å². The van der Waals surface area contributed by atoms with E-state index in [4.69, 9.17) is 15.2 Å². The van der Waals surface area contributed by atoms with Crippen molar-refractivity contribution in [3.05, 3.63) is 24.3 Å². The van der Waals surface area contributed by atoms with Crippen LogP contribution in [0.15, 0.2) is 24.3 Å². The lowest BCUT2D eigenvalue weighted by atomic mass is 10.0. The molecule has 1 aromatic carbocycles. The quantitative estimate of drug-likeness (QED) is 0.731.